The first-order valence-electron chi connectivity index (χ1n) is 11.6. The smallest absolute Gasteiger partial charge is 0.251 e. The molecule has 0 aromatic heterocycles. The Kier molecular flexibility index (Phi) is 8.22. The molecule has 0 bridgehead atoms. The van der Waals surface area contributed by atoms with Crippen molar-refractivity contribution < 1.29 is 17.9 Å². The molecule has 0 saturated heterocycles. The molecule has 0 radical (unpaired) electrons. The van der Waals surface area contributed by atoms with Crippen LogP contribution in [0.1, 0.15) is 65.3 Å². The van der Waals surface area contributed by atoms with Crippen molar-refractivity contribution in [3.05, 3.63) is 94.5 Å². The van der Waals surface area contributed by atoms with E-state index in [1.54, 1.807) is 31.4 Å². The van der Waals surface area contributed by atoms with Gasteiger partial charge in [-0.1, -0.05) is 44.2 Å². The average molecular weight is 495 g/mol. The molecule has 1 unspecified atom stereocenters. The van der Waals surface area contributed by atoms with Crippen molar-refractivity contribution in [2.24, 2.45) is 0 Å². The molecule has 0 aliphatic carbocycles. The van der Waals surface area contributed by atoms with E-state index in [0.717, 1.165) is 28.0 Å². The number of carbonyl (C=O) groups is 1. The van der Waals surface area contributed by atoms with Crippen LogP contribution >= 0.6 is 0 Å². The summed E-state index contributed by atoms with van der Waals surface area (Å²) >= 11 is 0. The maximum atomic E-state index is 13.0. The van der Waals surface area contributed by atoms with Gasteiger partial charge in [0.15, 0.2) is 0 Å². The quantitative estimate of drug-likeness (QED) is 0.421. The van der Waals surface area contributed by atoms with Gasteiger partial charge in [-0.05, 0) is 78.4 Å². The van der Waals surface area contributed by atoms with Crippen LogP contribution in [-0.4, -0.2) is 27.7 Å². The third kappa shape index (κ3) is 6.42. The number of nitrogens with one attached hydrogen (secondary N) is 1. The van der Waals surface area contributed by atoms with Gasteiger partial charge in [-0.15, -0.1) is 0 Å². The van der Waals surface area contributed by atoms with Crippen molar-refractivity contribution in [2.75, 3.05) is 17.7 Å². The Morgan fingerprint density at radius 1 is 0.971 bits per heavy atom. The molecule has 3 aromatic carbocycles. The number of hydrogen-bond acceptors (Lipinski definition) is 4. The van der Waals surface area contributed by atoms with Crippen LogP contribution in [0.5, 0.6) is 5.75 Å². The van der Waals surface area contributed by atoms with Gasteiger partial charge in [-0.2, -0.15) is 0 Å². The second-order valence-corrected chi connectivity index (χ2v) is 11.0. The lowest BCUT2D eigenvalue weighted by Gasteiger charge is -2.23. The van der Waals surface area contributed by atoms with Crippen LogP contribution in [0.4, 0.5) is 5.69 Å². The first-order chi connectivity index (χ1) is 16.5. The largest absolute Gasteiger partial charge is 0.496 e. The predicted molar refractivity (Wildman–Crippen MR) is 142 cm³/mol. The summed E-state index contributed by atoms with van der Waals surface area (Å²) in [6.07, 6.45) is 1.18. The molecule has 1 atom stereocenters. The lowest BCUT2D eigenvalue weighted by molar-refractivity contribution is 0.0940. The van der Waals surface area contributed by atoms with Gasteiger partial charge < -0.3 is 10.1 Å². The molecule has 0 heterocycles. The molecule has 0 fully saturated rings. The zero-order valence-corrected chi connectivity index (χ0v) is 22.0. The van der Waals surface area contributed by atoms with Gasteiger partial charge in [0.1, 0.15) is 5.75 Å². The lowest BCUT2D eigenvalue weighted by atomic mass is 9.93. The zero-order valence-electron chi connectivity index (χ0n) is 21.2. The lowest BCUT2D eigenvalue weighted by Crippen LogP contribution is -2.30. The number of aryl methyl sites for hydroxylation is 1. The summed E-state index contributed by atoms with van der Waals surface area (Å²) in [5.74, 6) is 0.911. The Morgan fingerprint density at radius 3 is 2.14 bits per heavy atom. The third-order valence-corrected chi connectivity index (χ3v) is 7.18. The molecular weight excluding hydrogens is 460 g/mol. The Bertz CT molecular complexity index is 1270. The van der Waals surface area contributed by atoms with Crippen LogP contribution < -0.4 is 14.4 Å². The number of sulfonamides is 1. The Hall–Kier alpha value is -3.32. The first kappa shape index (κ1) is 26.3. The molecule has 186 valence electrons. The van der Waals surface area contributed by atoms with Gasteiger partial charge >= 0.3 is 0 Å². The number of carbonyl (C=O) groups excluding carboxylic acids is 1. The summed E-state index contributed by atoms with van der Waals surface area (Å²) in [6, 6.07) is 19.9. The predicted octanol–water partition coefficient (Wildman–Crippen LogP) is 5.58. The van der Waals surface area contributed by atoms with E-state index in [1.807, 2.05) is 50.2 Å². The highest BCUT2D eigenvalue weighted by Gasteiger charge is 2.20. The second-order valence-electron chi connectivity index (χ2n) is 9.10. The number of anilines is 1. The molecule has 35 heavy (non-hydrogen) atoms. The number of amides is 1. The van der Waals surface area contributed by atoms with Crippen molar-refractivity contribution in [1.82, 2.24) is 5.32 Å². The third-order valence-electron chi connectivity index (χ3n) is 6.04. The molecule has 1 amide bonds. The van der Waals surface area contributed by atoms with Crippen molar-refractivity contribution in [1.29, 1.82) is 0 Å². The highest BCUT2D eigenvalue weighted by Crippen LogP contribution is 2.32. The highest BCUT2D eigenvalue weighted by molar-refractivity contribution is 7.92. The SMILES string of the molecule is COc1cc(C)c(C(C)NC(=O)c2ccc(N(Cc3ccccc3)S(C)(=O)=O)cc2)cc1C(C)C. The summed E-state index contributed by atoms with van der Waals surface area (Å²) in [4.78, 5) is 13.0. The maximum absolute atomic E-state index is 13.0. The fourth-order valence-electron chi connectivity index (χ4n) is 4.10. The average Bonchev–Trinajstić information content (AvgIpc) is 2.82. The van der Waals surface area contributed by atoms with Gasteiger partial charge in [0.05, 0.1) is 31.6 Å². The van der Waals surface area contributed by atoms with E-state index >= 15 is 0 Å². The fourth-order valence-corrected chi connectivity index (χ4v) is 4.98. The number of ether oxygens (including phenoxy) is 1. The monoisotopic (exact) mass is 494 g/mol. The summed E-state index contributed by atoms with van der Waals surface area (Å²) in [5.41, 5.74) is 5.02. The van der Waals surface area contributed by atoms with E-state index in [-0.39, 0.29) is 24.4 Å². The number of rotatable bonds is 9. The molecule has 0 aliphatic rings. The summed E-state index contributed by atoms with van der Waals surface area (Å²) in [5, 5.41) is 3.06. The number of benzene rings is 3. The molecule has 7 heteroatoms. The van der Waals surface area contributed by atoms with E-state index in [2.05, 4.69) is 25.2 Å². The van der Waals surface area contributed by atoms with Crippen LogP contribution in [0.15, 0.2) is 66.7 Å². The van der Waals surface area contributed by atoms with Crippen molar-refractivity contribution in [3.8, 4) is 5.75 Å². The van der Waals surface area contributed by atoms with Crippen LogP contribution in [0, 0.1) is 6.92 Å². The minimum Gasteiger partial charge on any atom is -0.496 e. The van der Waals surface area contributed by atoms with Crippen molar-refractivity contribution in [2.45, 2.75) is 46.2 Å². The number of hydrogen-bond donors (Lipinski definition) is 1. The topological polar surface area (TPSA) is 75.7 Å². The summed E-state index contributed by atoms with van der Waals surface area (Å²) in [7, 11) is -1.84. The van der Waals surface area contributed by atoms with E-state index in [1.165, 1.54) is 10.6 Å². The van der Waals surface area contributed by atoms with Crippen LogP contribution in [0.2, 0.25) is 0 Å². The zero-order chi connectivity index (χ0) is 25.8. The molecule has 0 aliphatic heterocycles. The Morgan fingerprint density at radius 2 is 1.60 bits per heavy atom. The van der Waals surface area contributed by atoms with Crippen molar-refractivity contribution >= 4 is 21.6 Å². The van der Waals surface area contributed by atoms with Crippen LogP contribution in [0.25, 0.3) is 0 Å². The van der Waals surface area contributed by atoms with Gasteiger partial charge in [0.2, 0.25) is 10.0 Å². The molecule has 6 nitrogen and oxygen atoms in total. The molecule has 3 aromatic rings. The van der Waals surface area contributed by atoms with Crippen molar-refractivity contribution in [3.63, 3.8) is 0 Å². The van der Waals surface area contributed by atoms with Crippen LogP contribution in [-0.2, 0) is 16.6 Å². The molecular formula is C28H34N2O4S. The summed E-state index contributed by atoms with van der Waals surface area (Å²) < 4.78 is 31.8. The van der Waals surface area contributed by atoms with E-state index in [0.29, 0.717) is 11.3 Å². The Labute approximate surface area is 209 Å². The van der Waals surface area contributed by atoms with Gasteiger partial charge in [-0.25, -0.2) is 8.42 Å². The van der Waals surface area contributed by atoms with E-state index < -0.39 is 10.0 Å². The number of methoxy groups -OCH3 is 1. The number of nitrogens with zero attached hydrogens (tertiary/aromatic N) is 1. The van der Waals surface area contributed by atoms with E-state index in [4.69, 9.17) is 4.74 Å². The second kappa shape index (κ2) is 11.0. The van der Waals surface area contributed by atoms with Gasteiger partial charge in [0, 0.05) is 5.56 Å². The van der Waals surface area contributed by atoms with E-state index in [9.17, 15) is 13.2 Å². The molecule has 0 saturated carbocycles. The summed E-state index contributed by atoms with van der Waals surface area (Å²) in [6.45, 7) is 8.40. The molecule has 0 spiro atoms. The van der Waals surface area contributed by atoms with Gasteiger partial charge in [0.25, 0.3) is 5.91 Å². The van der Waals surface area contributed by atoms with Gasteiger partial charge in [-0.3, -0.25) is 9.10 Å². The normalized spacial score (nSPS) is 12.3. The van der Waals surface area contributed by atoms with Crippen LogP contribution in [0.3, 0.4) is 0 Å². The first-order valence-corrected chi connectivity index (χ1v) is 13.5. The minimum absolute atomic E-state index is 0.212. The molecule has 1 N–H and O–H groups in total. The highest BCUT2D eigenvalue weighted by atomic mass is 32.2. The maximum Gasteiger partial charge on any atom is 0.251 e. The standard InChI is InChI=1S/C28H34N2O4S/c1-19(2)25-17-26(20(3)16-27(25)34-5)21(4)29-28(31)23-12-14-24(15-13-23)30(35(6,32)33)18-22-10-8-7-9-11-22/h7-17,19,21H,18H2,1-6H3,(H,29,31). The fraction of sp³-hybridized carbons (Fsp3) is 0.321. The Balaban J connectivity index is 1.79. The molecule has 3 rings (SSSR count). The minimum atomic E-state index is -3.50.